The van der Waals surface area contributed by atoms with Gasteiger partial charge in [0.05, 0.1) is 31.5 Å². The third kappa shape index (κ3) is 9.35. The van der Waals surface area contributed by atoms with E-state index in [2.05, 4.69) is 92.6 Å². The van der Waals surface area contributed by atoms with E-state index in [0.29, 0.717) is 12.2 Å². The average molecular weight is 730 g/mol. The van der Waals surface area contributed by atoms with Gasteiger partial charge in [0, 0.05) is 12.1 Å². The van der Waals surface area contributed by atoms with Gasteiger partial charge in [0.2, 0.25) is 5.95 Å². The lowest BCUT2D eigenvalue weighted by Crippen LogP contribution is -2.49. The summed E-state index contributed by atoms with van der Waals surface area (Å²) in [6.45, 7) is 21.2. The first kappa shape index (κ1) is 39.6. The fourth-order valence-electron chi connectivity index (χ4n) is 5.43. The molecule has 0 saturated carbocycles. The number of H-pyrrole nitrogens is 1. The van der Waals surface area contributed by atoms with Crippen molar-refractivity contribution in [2.75, 3.05) is 18.5 Å². The minimum Gasteiger partial charge on any atom is -0.484 e. The van der Waals surface area contributed by atoms with Crippen LogP contribution < -0.4 is 15.6 Å². The lowest BCUT2D eigenvalue weighted by Gasteiger charge is -2.42. The van der Waals surface area contributed by atoms with Crippen LogP contribution in [0.3, 0.4) is 0 Å². The lowest BCUT2D eigenvalue weighted by atomic mass is 10.1. The smallest absolute Gasteiger partial charge is 0.280 e. The molecular formula is C34H52N7O7PSi. The van der Waals surface area contributed by atoms with Gasteiger partial charge in [0.15, 0.2) is 32.3 Å². The van der Waals surface area contributed by atoms with E-state index in [1.165, 1.54) is 6.33 Å². The molecule has 0 bridgehead atoms. The minimum atomic E-state index is -2.45. The number of nitrogens with zero attached hydrogens (tertiary/aromatic N) is 5. The number of rotatable bonds is 16. The number of aromatic nitrogens is 4. The number of hydrogen-bond donors (Lipinski definition) is 2. The molecule has 50 heavy (non-hydrogen) atoms. The minimum absolute atomic E-state index is 0.0514. The van der Waals surface area contributed by atoms with Crippen LogP contribution in [-0.2, 0) is 23.0 Å². The maximum Gasteiger partial charge on any atom is 0.280 e. The molecule has 14 nitrogen and oxygen atoms in total. The molecule has 274 valence electrons. The number of carbonyl (C=O) groups is 1. The third-order valence-corrected chi connectivity index (χ3v) is 15.5. The van der Waals surface area contributed by atoms with Crippen LogP contribution in [-0.4, -0.2) is 82.0 Å². The number of ether oxygens (including phenoxy) is 2. The molecule has 3 heterocycles. The Labute approximate surface area is 296 Å². The Morgan fingerprint density at radius 1 is 1.18 bits per heavy atom. The second-order valence-corrected chi connectivity index (χ2v) is 20.5. The van der Waals surface area contributed by atoms with Gasteiger partial charge in [-0.1, -0.05) is 45.9 Å². The van der Waals surface area contributed by atoms with Crippen LogP contribution >= 0.6 is 8.53 Å². The third-order valence-electron chi connectivity index (χ3n) is 8.88. The van der Waals surface area contributed by atoms with Crippen LogP contribution in [0, 0.1) is 11.3 Å². The van der Waals surface area contributed by atoms with Gasteiger partial charge in [-0.2, -0.15) is 10.2 Å². The van der Waals surface area contributed by atoms with Crippen molar-refractivity contribution in [3.05, 3.63) is 47.0 Å². The number of carbonyl (C=O) groups excluding carboxylic acids is 1. The number of hydrogen-bond acceptors (Lipinski definition) is 11. The maximum absolute atomic E-state index is 13.2. The van der Waals surface area contributed by atoms with E-state index < -0.39 is 52.8 Å². The SMILES string of the molecule is CC[C@H]1O[C@@H](n2cnc3c(=O)[nH]c(NC(=O)COc4ccccc4)nc32)C(O[Si](C)(C)C(C)(C)C)[C@H]1OP(OCCC#N)N(C(C)C)C(C)C. The van der Waals surface area contributed by atoms with Gasteiger partial charge in [-0.25, -0.2) is 9.65 Å². The molecule has 1 aromatic carbocycles. The Morgan fingerprint density at radius 3 is 2.46 bits per heavy atom. The van der Waals surface area contributed by atoms with Crippen molar-refractivity contribution in [1.29, 1.82) is 5.26 Å². The molecule has 0 radical (unpaired) electrons. The van der Waals surface area contributed by atoms with Crippen LogP contribution in [0.5, 0.6) is 5.75 Å². The van der Waals surface area contributed by atoms with E-state index in [1.54, 1.807) is 28.8 Å². The molecule has 2 unspecified atom stereocenters. The molecule has 5 atom stereocenters. The summed E-state index contributed by atoms with van der Waals surface area (Å²) in [6.07, 6.45) is -0.0366. The van der Waals surface area contributed by atoms with Crippen molar-refractivity contribution in [3.63, 3.8) is 0 Å². The van der Waals surface area contributed by atoms with Gasteiger partial charge in [0.25, 0.3) is 20.0 Å². The molecule has 2 N–H and O–H groups in total. The summed E-state index contributed by atoms with van der Waals surface area (Å²) in [7, 11) is -4.08. The highest BCUT2D eigenvalue weighted by molar-refractivity contribution is 7.44. The first-order valence-electron chi connectivity index (χ1n) is 17.1. The number of aromatic amines is 1. The van der Waals surface area contributed by atoms with E-state index in [4.69, 9.17) is 22.9 Å². The molecule has 1 amide bonds. The monoisotopic (exact) mass is 729 g/mol. The Kier molecular flexibility index (Phi) is 13.3. The zero-order chi connectivity index (χ0) is 36.8. The highest BCUT2D eigenvalue weighted by atomic mass is 31.2. The quantitative estimate of drug-likeness (QED) is 0.0940. The molecular weight excluding hydrogens is 677 g/mol. The van der Waals surface area contributed by atoms with Crippen molar-refractivity contribution in [2.24, 2.45) is 0 Å². The van der Waals surface area contributed by atoms with Crippen molar-refractivity contribution in [3.8, 4) is 11.8 Å². The van der Waals surface area contributed by atoms with E-state index in [9.17, 15) is 14.9 Å². The molecule has 2 aromatic heterocycles. The first-order chi connectivity index (χ1) is 23.6. The topological polar surface area (TPSA) is 166 Å². The number of para-hydroxylation sites is 1. The van der Waals surface area contributed by atoms with E-state index in [0.717, 1.165) is 0 Å². The van der Waals surface area contributed by atoms with Gasteiger partial charge in [0.1, 0.15) is 18.0 Å². The number of nitrogens with one attached hydrogen (secondary N) is 2. The first-order valence-corrected chi connectivity index (χ1v) is 21.1. The van der Waals surface area contributed by atoms with Crippen LogP contribution in [0.4, 0.5) is 5.95 Å². The normalized spacial score (nSPS) is 20.5. The van der Waals surface area contributed by atoms with Crippen molar-refractivity contribution in [1.82, 2.24) is 24.2 Å². The van der Waals surface area contributed by atoms with E-state index in [-0.39, 0.29) is 53.9 Å². The van der Waals surface area contributed by atoms with Gasteiger partial charge in [-0.05, 0) is 64.4 Å². The molecule has 4 rings (SSSR count). The summed E-state index contributed by atoms with van der Waals surface area (Å²) >= 11 is 0. The zero-order valence-electron chi connectivity index (χ0n) is 30.8. The van der Waals surface area contributed by atoms with Crippen molar-refractivity contribution in [2.45, 2.75) is 123 Å². The molecule has 3 aromatic rings. The highest BCUT2D eigenvalue weighted by Gasteiger charge is 2.53. The fraction of sp³-hybridized carbons (Fsp3) is 0.618. The second kappa shape index (κ2) is 16.9. The fourth-order valence-corrected chi connectivity index (χ4v) is 8.49. The van der Waals surface area contributed by atoms with Crippen molar-refractivity contribution >= 4 is 39.9 Å². The predicted octanol–water partition coefficient (Wildman–Crippen LogP) is 6.50. The van der Waals surface area contributed by atoms with Gasteiger partial charge >= 0.3 is 0 Å². The molecule has 0 aliphatic carbocycles. The number of fused-ring (bicyclic) bond motifs is 1. The predicted molar refractivity (Wildman–Crippen MR) is 195 cm³/mol. The summed E-state index contributed by atoms with van der Waals surface area (Å²) in [5.74, 6) is -0.0117. The number of anilines is 1. The molecule has 1 aliphatic heterocycles. The maximum atomic E-state index is 13.2. The number of benzene rings is 1. The molecule has 1 aliphatic rings. The van der Waals surface area contributed by atoms with Gasteiger partial charge in [-0.15, -0.1) is 0 Å². The number of nitriles is 1. The zero-order valence-corrected chi connectivity index (χ0v) is 32.7. The molecule has 16 heteroatoms. The largest absolute Gasteiger partial charge is 0.484 e. The van der Waals surface area contributed by atoms with Crippen molar-refractivity contribution < 1.29 is 27.7 Å². The highest BCUT2D eigenvalue weighted by Crippen LogP contribution is 2.52. The van der Waals surface area contributed by atoms with Crippen LogP contribution in [0.25, 0.3) is 11.2 Å². The van der Waals surface area contributed by atoms with Gasteiger partial charge in [-0.3, -0.25) is 24.5 Å². The van der Waals surface area contributed by atoms with Crippen LogP contribution in [0.2, 0.25) is 18.1 Å². The standard InChI is InChI=1S/C34H52N7O7PSi/c1-11-25-28(47-49(45-19-15-18-35)41(22(2)3)23(4)5)29(48-50(9,10)34(6,7)8)32(46-25)40-21-36-27-30(40)38-33(39-31(27)43)37-26(42)20-44-24-16-13-12-14-17-24/h12-14,16-17,21-23,25,28-29,32H,11,15,19-20H2,1-10H3,(H2,37,38,39,42,43)/t25-,28+,29?,32-,49?/m1/s1. The average Bonchev–Trinajstić information content (AvgIpc) is 3.60. The lowest BCUT2D eigenvalue weighted by molar-refractivity contribution is -0.118. The number of amides is 1. The Hall–Kier alpha value is -3.22. The Bertz CT molecular complexity index is 1660. The summed E-state index contributed by atoms with van der Waals surface area (Å²) in [5.41, 5.74) is -0.217. The van der Waals surface area contributed by atoms with E-state index in [1.807, 2.05) is 13.0 Å². The molecule has 1 fully saturated rings. The van der Waals surface area contributed by atoms with E-state index >= 15 is 0 Å². The molecule has 1 saturated heterocycles. The van der Waals surface area contributed by atoms with Crippen LogP contribution in [0.15, 0.2) is 41.5 Å². The Balaban J connectivity index is 1.73. The Morgan fingerprint density at radius 2 is 1.86 bits per heavy atom. The molecule has 0 spiro atoms. The summed E-state index contributed by atoms with van der Waals surface area (Å²) in [5, 5.41) is 11.7. The van der Waals surface area contributed by atoms with Gasteiger partial charge < -0.3 is 22.9 Å². The summed E-state index contributed by atoms with van der Waals surface area (Å²) < 4.78 is 36.6. The second-order valence-electron chi connectivity index (χ2n) is 14.3. The number of imidazole rings is 1. The summed E-state index contributed by atoms with van der Waals surface area (Å²) in [4.78, 5) is 37.6. The van der Waals surface area contributed by atoms with Crippen LogP contribution in [0.1, 0.15) is 74.5 Å². The summed E-state index contributed by atoms with van der Waals surface area (Å²) in [6, 6.07) is 11.3.